The molecule has 2 aliphatic rings. The zero-order chi connectivity index (χ0) is 20.8. The van der Waals surface area contributed by atoms with Crippen LogP contribution in [0.5, 0.6) is 0 Å². The Kier molecular flexibility index (Phi) is 4.68. The van der Waals surface area contributed by atoms with Crippen molar-refractivity contribution in [1.82, 2.24) is 14.9 Å². The van der Waals surface area contributed by atoms with Gasteiger partial charge in [-0.05, 0) is 38.0 Å². The maximum Gasteiger partial charge on any atom is 0.338 e. The van der Waals surface area contributed by atoms with Gasteiger partial charge < -0.3 is 10.1 Å². The summed E-state index contributed by atoms with van der Waals surface area (Å²) in [5.41, 5.74) is -0.361. The number of sulfone groups is 1. The van der Waals surface area contributed by atoms with Gasteiger partial charge in [0.05, 0.1) is 33.5 Å². The summed E-state index contributed by atoms with van der Waals surface area (Å²) in [4.78, 5) is 41.4. The van der Waals surface area contributed by atoms with E-state index in [0.717, 1.165) is 6.42 Å². The van der Waals surface area contributed by atoms with Crippen LogP contribution in [0.25, 0.3) is 10.9 Å². The molecule has 1 saturated heterocycles. The first-order chi connectivity index (χ1) is 13.7. The Balaban J connectivity index is 1.43. The molecule has 2 aliphatic heterocycles. The number of benzene rings is 1. The normalized spacial score (nSPS) is 22.4. The van der Waals surface area contributed by atoms with Crippen molar-refractivity contribution < 1.29 is 22.7 Å². The number of esters is 1. The predicted octanol–water partition coefficient (Wildman–Crippen LogP) is 0.193. The molecule has 4 rings (SSSR count). The van der Waals surface area contributed by atoms with Crippen molar-refractivity contribution in [3.8, 4) is 0 Å². The van der Waals surface area contributed by atoms with Crippen LogP contribution in [0.2, 0.25) is 0 Å². The Bertz CT molecular complexity index is 1190. The zero-order valence-electron chi connectivity index (χ0n) is 15.9. The van der Waals surface area contributed by atoms with Gasteiger partial charge in [-0.2, -0.15) is 0 Å². The number of nitrogens with one attached hydrogen (secondary N) is 1. The van der Waals surface area contributed by atoms with Crippen molar-refractivity contribution in [3.63, 3.8) is 0 Å². The second-order valence-corrected chi connectivity index (χ2v) is 10.0. The fourth-order valence-corrected chi connectivity index (χ4v) is 6.00. The van der Waals surface area contributed by atoms with Gasteiger partial charge in [-0.15, -0.1) is 0 Å². The molecule has 0 radical (unpaired) electrons. The Hall–Kier alpha value is -2.75. The summed E-state index contributed by atoms with van der Waals surface area (Å²) < 4.78 is 29.9. The Morgan fingerprint density at radius 1 is 1.34 bits per heavy atom. The predicted molar refractivity (Wildman–Crippen MR) is 104 cm³/mol. The van der Waals surface area contributed by atoms with Crippen molar-refractivity contribution in [3.05, 3.63) is 39.9 Å². The molecule has 10 heteroatoms. The molecule has 1 aromatic heterocycles. The Morgan fingerprint density at radius 2 is 2.14 bits per heavy atom. The van der Waals surface area contributed by atoms with Gasteiger partial charge in [-0.3, -0.25) is 14.2 Å². The molecule has 1 aromatic carbocycles. The lowest BCUT2D eigenvalue weighted by molar-refractivity contribution is -0.125. The number of carbonyl (C=O) groups excluding carboxylic acids is 2. The summed E-state index contributed by atoms with van der Waals surface area (Å²) in [7, 11) is -3.16. The highest BCUT2D eigenvalue weighted by Crippen LogP contribution is 2.22. The van der Waals surface area contributed by atoms with Crippen LogP contribution in [0.15, 0.2) is 23.0 Å². The van der Waals surface area contributed by atoms with Gasteiger partial charge in [0.25, 0.3) is 11.5 Å². The number of aromatic nitrogens is 2. The van der Waals surface area contributed by atoms with Crippen molar-refractivity contribution in [2.24, 2.45) is 0 Å². The highest BCUT2D eigenvalue weighted by atomic mass is 32.2. The molecular weight excluding hydrogens is 398 g/mol. The average molecular weight is 419 g/mol. The number of ether oxygens (including phenoxy) is 1. The molecule has 0 spiro atoms. The first-order valence-electron chi connectivity index (χ1n) is 9.38. The number of amides is 1. The molecule has 1 atom stereocenters. The molecule has 0 aliphatic carbocycles. The minimum absolute atomic E-state index is 0.0251. The summed E-state index contributed by atoms with van der Waals surface area (Å²) in [6.07, 6.45) is 1.91. The lowest BCUT2D eigenvalue weighted by Crippen LogP contribution is -2.48. The number of nitrogens with zero attached hydrogens (tertiary/aromatic N) is 2. The minimum atomic E-state index is -3.16. The third kappa shape index (κ3) is 3.89. The van der Waals surface area contributed by atoms with E-state index < -0.39 is 33.9 Å². The summed E-state index contributed by atoms with van der Waals surface area (Å²) >= 11 is 0. The third-order valence-corrected chi connectivity index (χ3v) is 7.23. The van der Waals surface area contributed by atoms with E-state index in [9.17, 15) is 22.8 Å². The smallest absolute Gasteiger partial charge is 0.338 e. The molecule has 2 aromatic rings. The van der Waals surface area contributed by atoms with Crippen molar-refractivity contribution >= 4 is 32.6 Å². The lowest BCUT2D eigenvalue weighted by atomic mass is 10.0. The third-order valence-electron chi connectivity index (χ3n) is 5.33. The van der Waals surface area contributed by atoms with E-state index >= 15 is 0 Å². The van der Waals surface area contributed by atoms with Gasteiger partial charge in [0.15, 0.2) is 16.4 Å². The molecule has 154 valence electrons. The van der Waals surface area contributed by atoms with Crippen molar-refractivity contribution in [1.29, 1.82) is 0 Å². The Morgan fingerprint density at radius 3 is 2.86 bits per heavy atom. The summed E-state index contributed by atoms with van der Waals surface area (Å²) in [5, 5.41) is 3.06. The maximum absolute atomic E-state index is 12.5. The van der Waals surface area contributed by atoms with Crippen LogP contribution >= 0.6 is 0 Å². The van der Waals surface area contributed by atoms with Gasteiger partial charge in [-0.25, -0.2) is 18.2 Å². The van der Waals surface area contributed by atoms with Gasteiger partial charge in [0, 0.05) is 13.0 Å². The number of aryl methyl sites for hydroxylation is 1. The van der Waals surface area contributed by atoms with Crippen LogP contribution in [0.3, 0.4) is 0 Å². The monoisotopic (exact) mass is 419 g/mol. The first kappa shape index (κ1) is 19.6. The van der Waals surface area contributed by atoms with Crippen LogP contribution in [-0.4, -0.2) is 53.5 Å². The molecule has 29 heavy (non-hydrogen) atoms. The average Bonchev–Trinajstić information content (AvgIpc) is 3.23. The van der Waals surface area contributed by atoms with Crippen molar-refractivity contribution in [2.45, 2.75) is 38.3 Å². The van der Waals surface area contributed by atoms with Crippen LogP contribution in [0.1, 0.15) is 35.9 Å². The van der Waals surface area contributed by atoms with E-state index in [4.69, 9.17) is 4.74 Å². The molecular formula is C19H21N3O6S. The van der Waals surface area contributed by atoms with E-state index in [2.05, 4.69) is 10.3 Å². The van der Waals surface area contributed by atoms with E-state index in [-0.39, 0.29) is 22.6 Å². The lowest BCUT2D eigenvalue weighted by Gasteiger charge is -2.23. The van der Waals surface area contributed by atoms with Crippen LogP contribution in [0.4, 0.5) is 0 Å². The molecule has 1 N–H and O–H groups in total. The highest BCUT2D eigenvalue weighted by molar-refractivity contribution is 7.91. The molecule has 1 unspecified atom stereocenters. The van der Waals surface area contributed by atoms with Gasteiger partial charge in [0.1, 0.15) is 5.82 Å². The molecule has 1 amide bonds. The summed E-state index contributed by atoms with van der Waals surface area (Å²) in [6, 6.07) is 4.50. The number of fused-ring (bicyclic) bond motifs is 2. The van der Waals surface area contributed by atoms with Gasteiger partial charge in [-0.1, -0.05) is 0 Å². The van der Waals surface area contributed by atoms with E-state index in [1.165, 1.54) is 18.2 Å². The number of rotatable bonds is 4. The molecule has 3 heterocycles. The SMILES string of the molecule is CC1(NC(=O)COC(=O)c2ccc3c(=O)n4c(nc3c2)CCC4)CCS(=O)(=O)C1. The largest absolute Gasteiger partial charge is 0.452 e. The number of hydrogen-bond donors (Lipinski definition) is 1. The fraction of sp³-hybridized carbons (Fsp3) is 0.474. The number of carbonyl (C=O) groups is 2. The fourth-order valence-electron chi connectivity index (χ4n) is 3.91. The van der Waals surface area contributed by atoms with Crippen LogP contribution < -0.4 is 10.9 Å². The highest BCUT2D eigenvalue weighted by Gasteiger charge is 2.39. The van der Waals surface area contributed by atoms with Crippen LogP contribution in [-0.2, 0) is 32.3 Å². The zero-order valence-corrected chi connectivity index (χ0v) is 16.8. The Labute approximate surface area is 167 Å². The van der Waals surface area contributed by atoms with Gasteiger partial charge >= 0.3 is 5.97 Å². The molecule has 9 nitrogen and oxygen atoms in total. The van der Waals surface area contributed by atoms with E-state index in [1.54, 1.807) is 11.5 Å². The van der Waals surface area contributed by atoms with Crippen molar-refractivity contribution in [2.75, 3.05) is 18.1 Å². The second kappa shape index (κ2) is 6.94. The second-order valence-electron chi connectivity index (χ2n) is 7.85. The maximum atomic E-state index is 12.5. The van der Waals surface area contributed by atoms with Crippen LogP contribution in [0, 0.1) is 0 Å². The standard InChI is InChI=1S/C19H21N3O6S/c1-19(6-8-29(26,27)11-19)21-16(23)10-28-18(25)12-4-5-13-14(9-12)20-15-3-2-7-22(15)17(13)24/h4-5,9H,2-3,6-8,10-11H2,1H3,(H,21,23). The number of hydrogen-bond acceptors (Lipinski definition) is 7. The van der Waals surface area contributed by atoms with E-state index in [0.29, 0.717) is 36.1 Å². The topological polar surface area (TPSA) is 124 Å². The molecule has 1 fully saturated rings. The molecule has 0 saturated carbocycles. The first-order valence-corrected chi connectivity index (χ1v) is 11.2. The van der Waals surface area contributed by atoms with E-state index in [1.807, 2.05) is 0 Å². The minimum Gasteiger partial charge on any atom is -0.452 e. The quantitative estimate of drug-likeness (QED) is 0.702. The summed E-state index contributed by atoms with van der Waals surface area (Å²) in [6.45, 7) is 1.78. The summed E-state index contributed by atoms with van der Waals surface area (Å²) in [5.74, 6) is -0.679. The van der Waals surface area contributed by atoms with Gasteiger partial charge in [0.2, 0.25) is 0 Å². The molecule has 0 bridgehead atoms.